The largest absolute Gasteiger partial charge is 0.399 e. The Morgan fingerprint density at radius 1 is 1.36 bits per heavy atom. The third kappa shape index (κ3) is 3.68. The number of pyridine rings is 1. The number of aromatic nitrogens is 1. The van der Waals surface area contributed by atoms with Gasteiger partial charge >= 0.3 is 0 Å². The normalized spacial score (nSPS) is 18.2. The molecule has 2 aromatic rings. The van der Waals surface area contributed by atoms with Crippen LogP contribution in [0.25, 0.3) is 0 Å². The molecule has 25 heavy (non-hydrogen) atoms. The lowest BCUT2D eigenvalue weighted by atomic mass is 9.86. The summed E-state index contributed by atoms with van der Waals surface area (Å²) in [6.07, 6.45) is 2.30. The van der Waals surface area contributed by atoms with E-state index in [0.29, 0.717) is 24.3 Å². The van der Waals surface area contributed by atoms with E-state index in [-0.39, 0.29) is 0 Å². The number of anilines is 1. The van der Waals surface area contributed by atoms with Gasteiger partial charge in [-0.2, -0.15) is 0 Å². The maximum atomic E-state index is 13.9. The molecular weight excluding hydrogens is 392 g/mol. The third-order valence-electron chi connectivity index (χ3n) is 4.68. The van der Waals surface area contributed by atoms with Gasteiger partial charge in [0, 0.05) is 22.9 Å². The Labute approximate surface area is 153 Å². The zero-order valence-corrected chi connectivity index (χ0v) is 15.4. The molecule has 1 aromatic heterocycles. The molecule has 0 amide bonds. The van der Waals surface area contributed by atoms with E-state index >= 15 is 0 Å². The zero-order valence-electron chi connectivity index (χ0n) is 13.8. The van der Waals surface area contributed by atoms with Gasteiger partial charge in [-0.25, -0.2) is 8.78 Å². The van der Waals surface area contributed by atoms with E-state index in [9.17, 15) is 8.78 Å². The van der Waals surface area contributed by atoms with Crippen LogP contribution in [-0.4, -0.2) is 40.6 Å². The lowest BCUT2D eigenvalue weighted by molar-refractivity contribution is -0.0788. The van der Waals surface area contributed by atoms with E-state index in [1.165, 1.54) is 0 Å². The summed E-state index contributed by atoms with van der Waals surface area (Å²) in [5.41, 5.74) is 10.5. The highest BCUT2D eigenvalue weighted by Gasteiger charge is 2.38. The smallest absolute Gasteiger partial charge is 0.283 e. The minimum absolute atomic E-state index is 0.395. The molecule has 3 N–H and O–H groups in total. The molecule has 1 aliphatic heterocycles. The summed E-state index contributed by atoms with van der Waals surface area (Å²) in [7, 11) is 0. The van der Waals surface area contributed by atoms with Gasteiger partial charge in [-0.1, -0.05) is 6.07 Å². The molecule has 0 saturated carbocycles. The molecule has 134 valence electrons. The van der Waals surface area contributed by atoms with Crippen LogP contribution >= 0.6 is 15.9 Å². The van der Waals surface area contributed by atoms with Gasteiger partial charge in [0.15, 0.2) is 0 Å². The van der Waals surface area contributed by atoms with Crippen molar-refractivity contribution in [3.8, 4) is 0 Å². The number of nitrogens with two attached hydrogens (primary N) is 1. The maximum Gasteiger partial charge on any atom is 0.283 e. The van der Waals surface area contributed by atoms with E-state index in [1.807, 2.05) is 31.2 Å². The second-order valence-electron chi connectivity index (χ2n) is 6.39. The Hall–Kier alpha value is -1.57. The first kappa shape index (κ1) is 18.2. The Balaban J connectivity index is 2.08. The number of hydrogen-bond donors (Lipinski definition) is 2. The van der Waals surface area contributed by atoms with Crippen molar-refractivity contribution in [2.24, 2.45) is 0 Å². The average Bonchev–Trinajstić information content (AvgIpc) is 2.59. The van der Waals surface area contributed by atoms with E-state index < -0.39 is 25.1 Å². The first-order chi connectivity index (χ1) is 11.8. The second kappa shape index (κ2) is 6.97. The standard InChI is InChI=1S/C18H20BrF2N3O/c1-11-13-6-7-24(9-18(20,21)10-25)17(14(13)3-4-15(11)22)16-5-2-12(19)8-23-16/h2-5,8,17,25H,6-7,9-10,22H2,1H3. The number of nitrogen functional groups attached to an aromatic ring is 1. The number of fused-ring (bicyclic) bond motifs is 1. The van der Waals surface area contributed by atoms with Gasteiger partial charge in [-0.15, -0.1) is 0 Å². The molecule has 0 bridgehead atoms. The predicted molar refractivity (Wildman–Crippen MR) is 96.7 cm³/mol. The van der Waals surface area contributed by atoms with Crippen molar-refractivity contribution in [2.45, 2.75) is 25.3 Å². The highest BCUT2D eigenvalue weighted by atomic mass is 79.9. The summed E-state index contributed by atoms with van der Waals surface area (Å²) in [4.78, 5) is 6.12. The van der Waals surface area contributed by atoms with Crippen LogP contribution in [0.5, 0.6) is 0 Å². The van der Waals surface area contributed by atoms with Crippen molar-refractivity contribution >= 4 is 21.6 Å². The average molecular weight is 412 g/mol. The van der Waals surface area contributed by atoms with Gasteiger partial charge < -0.3 is 10.8 Å². The highest BCUT2D eigenvalue weighted by molar-refractivity contribution is 9.10. The number of halogens is 3. The van der Waals surface area contributed by atoms with Gasteiger partial charge in [-0.3, -0.25) is 9.88 Å². The summed E-state index contributed by atoms with van der Waals surface area (Å²) in [5.74, 6) is -3.16. The fraction of sp³-hybridized carbons (Fsp3) is 0.389. The molecule has 1 unspecified atom stereocenters. The lowest BCUT2D eigenvalue weighted by Gasteiger charge is -2.39. The number of benzene rings is 1. The molecule has 2 heterocycles. The van der Waals surface area contributed by atoms with Crippen LogP contribution in [0.4, 0.5) is 14.5 Å². The van der Waals surface area contributed by atoms with Crippen LogP contribution < -0.4 is 5.73 Å². The van der Waals surface area contributed by atoms with Crippen LogP contribution in [0.1, 0.15) is 28.4 Å². The number of aliphatic hydroxyl groups excluding tert-OH is 1. The monoisotopic (exact) mass is 411 g/mol. The molecule has 0 fully saturated rings. The molecule has 0 radical (unpaired) electrons. The Kier molecular flexibility index (Phi) is 5.09. The molecule has 0 spiro atoms. The first-order valence-electron chi connectivity index (χ1n) is 8.04. The van der Waals surface area contributed by atoms with Crippen molar-refractivity contribution in [2.75, 3.05) is 25.4 Å². The highest BCUT2D eigenvalue weighted by Crippen LogP contribution is 2.38. The van der Waals surface area contributed by atoms with E-state index in [4.69, 9.17) is 10.8 Å². The summed E-state index contributed by atoms with van der Waals surface area (Å²) in [6.45, 7) is 0.722. The molecule has 0 saturated heterocycles. The lowest BCUT2D eigenvalue weighted by Crippen LogP contribution is -2.45. The third-order valence-corrected chi connectivity index (χ3v) is 5.15. The number of aliphatic hydroxyl groups is 1. The van der Waals surface area contributed by atoms with Crippen LogP contribution in [0, 0.1) is 6.92 Å². The molecular formula is C18H20BrF2N3O. The van der Waals surface area contributed by atoms with Crippen molar-refractivity contribution in [1.82, 2.24) is 9.88 Å². The van der Waals surface area contributed by atoms with E-state index in [2.05, 4.69) is 20.9 Å². The van der Waals surface area contributed by atoms with Gasteiger partial charge in [0.25, 0.3) is 5.92 Å². The molecule has 4 nitrogen and oxygen atoms in total. The quantitative estimate of drug-likeness (QED) is 0.757. The molecule has 7 heteroatoms. The Bertz CT molecular complexity index is 768. The maximum absolute atomic E-state index is 13.9. The van der Waals surface area contributed by atoms with Crippen molar-refractivity contribution in [1.29, 1.82) is 0 Å². The van der Waals surface area contributed by atoms with Crippen molar-refractivity contribution < 1.29 is 13.9 Å². The minimum Gasteiger partial charge on any atom is -0.399 e. The van der Waals surface area contributed by atoms with Crippen LogP contribution in [-0.2, 0) is 6.42 Å². The topological polar surface area (TPSA) is 62.4 Å². The van der Waals surface area contributed by atoms with Crippen LogP contribution in [0.3, 0.4) is 0 Å². The summed E-state index contributed by atoms with van der Waals surface area (Å²) in [6, 6.07) is 7.00. The van der Waals surface area contributed by atoms with Gasteiger partial charge in [0.2, 0.25) is 0 Å². The SMILES string of the molecule is Cc1c(N)ccc2c1CCN(CC(F)(F)CO)C2c1ccc(Br)cn1. The van der Waals surface area contributed by atoms with E-state index in [1.54, 1.807) is 11.1 Å². The summed E-state index contributed by atoms with van der Waals surface area (Å²) in [5, 5.41) is 8.98. The molecule has 0 aliphatic carbocycles. The van der Waals surface area contributed by atoms with Crippen LogP contribution in [0.2, 0.25) is 0 Å². The number of nitrogens with zero attached hydrogens (tertiary/aromatic N) is 2. The fourth-order valence-electron chi connectivity index (χ4n) is 3.38. The van der Waals surface area contributed by atoms with Crippen molar-refractivity contribution in [3.63, 3.8) is 0 Å². The first-order valence-corrected chi connectivity index (χ1v) is 8.84. The zero-order chi connectivity index (χ0) is 18.2. The molecule has 1 aliphatic rings. The van der Waals surface area contributed by atoms with Gasteiger partial charge in [-0.05, 0) is 64.2 Å². The Morgan fingerprint density at radius 3 is 2.76 bits per heavy atom. The molecule has 1 atom stereocenters. The van der Waals surface area contributed by atoms with Gasteiger partial charge in [0.05, 0.1) is 18.3 Å². The van der Waals surface area contributed by atoms with Gasteiger partial charge in [0.1, 0.15) is 6.61 Å². The second-order valence-corrected chi connectivity index (χ2v) is 7.30. The van der Waals surface area contributed by atoms with Crippen molar-refractivity contribution in [3.05, 3.63) is 57.3 Å². The Morgan fingerprint density at radius 2 is 2.12 bits per heavy atom. The predicted octanol–water partition coefficient (Wildman–Crippen LogP) is 3.31. The van der Waals surface area contributed by atoms with E-state index in [0.717, 1.165) is 21.2 Å². The summed E-state index contributed by atoms with van der Waals surface area (Å²) >= 11 is 3.35. The minimum atomic E-state index is -3.16. The molecule has 1 aromatic carbocycles. The number of rotatable bonds is 4. The number of hydrogen-bond acceptors (Lipinski definition) is 4. The fourth-order valence-corrected chi connectivity index (χ4v) is 3.61. The summed E-state index contributed by atoms with van der Waals surface area (Å²) < 4.78 is 28.6. The van der Waals surface area contributed by atoms with Crippen LogP contribution in [0.15, 0.2) is 34.9 Å². The molecule has 3 rings (SSSR count). The number of alkyl halides is 2.